The van der Waals surface area contributed by atoms with Crippen molar-refractivity contribution in [2.45, 2.75) is 63.6 Å². The van der Waals surface area contributed by atoms with Crippen LogP contribution < -0.4 is 5.73 Å². The van der Waals surface area contributed by atoms with E-state index in [1.54, 1.807) is 0 Å². The molecule has 0 aromatic carbocycles. The summed E-state index contributed by atoms with van der Waals surface area (Å²) in [5.74, 6) is 0.398. The van der Waals surface area contributed by atoms with Gasteiger partial charge in [0.25, 0.3) is 0 Å². The summed E-state index contributed by atoms with van der Waals surface area (Å²) >= 11 is 0. The topological polar surface area (TPSA) is 49.5 Å². The molecule has 3 atom stereocenters. The number of hydrogen-bond acceptors (Lipinski definition) is 3. The van der Waals surface area contributed by atoms with Crippen LogP contribution in [0.15, 0.2) is 0 Å². The smallest absolute Gasteiger partial charge is 0.0578 e. The van der Waals surface area contributed by atoms with Crippen molar-refractivity contribution < 1.29 is 5.11 Å². The number of nitrogens with two attached hydrogens (primary N) is 1. The standard InChI is InChI=1S/C13H26N2O/c1-2-13(16)10-7-11(14)9-15(8-10)12-5-3-4-6-12/h10-13,16H,2-9,14H2,1H3. The Hall–Kier alpha value is -0.120. The van der Waals surface area contributed by atoms with Crippen LogP contribution in [0.1, 0.15) is 45.4 Å². The van der Waals surface area contributed by atoms with Crippen LogP contribution in [-0.2, 0) is 0 Å². The highest BCUT2D eigenvalue weighted by Gasteiger charge is 2.33. The first kappa shape index (κ1) is 12.3. The lowest BCUT2D eigenvalue weighted by molar-refractivity contribution is 0.0259. The van der Waals surface area contributed by atoms with E-state index >= 15 is 0 Å². The van der Waals surface area contributed by atoms with Crippen LogP contribution in [0.4, 0.5) is 0 Å². The van der Waals surface area contributed by atoms with E-state index in [4.69, 9.17) is 5.73 Å². The maximum Gasteiger partial charge on any atom is 0.0578 e. The zero-order chi connectivity index (χ0) is 11.5. The van der Waals surface area contributed by atoms with Crippen molar-refractivity contribution in [3.63, 3.8) is 0 Å². The molecule has 3 heteroatoms. The predicted molar refractivity (Wildman–Crippen MR) is 66.2 cm³/mol. The van der Waals surface area contributed by atoms with Crippen molar-refractivity contribution in [3.8, 4) is 0 Å². The monoisotopic (exact) mass is 226 g/mol. The molecule has 2 fully saturated rings. The van der Waals surface area contributed by atoms with Crippen molar-refractivity contribution in [2.24, 2.45) is 11.7 Å². The molecule has 3 unspecified atom stereocenters. The van der Waals surface area contributed by atoms with Crippen LogP contribution in [0, 0.1) is 5.92 Å². The summed E-state index contributed by atoms with van der Waals surface area (Å²) in [6.07, 6.45) is 7.11. The minimum Gasteiger partial charge on any atom is -0.393 e. The van der Waals surface area contributed by atoms with Gasteiger partial charge in [-0.1, -0.05) is 19.8 Å². The number of rotatable bonds is 3. The minimum atomic E-state index is -0.157. The second-order valence-corrected chi connectivity index (χ2v) is 5.62. The molecular weight excluding hydrogens is 200 g/mol. The van der Waals surface area contributed by atoms with Gasteiger partial charge in [-0.05, 0) is 31.6 Å². The van der Waals surface area contributed by atoms with Crippen LogP contribution in [0.25, 0.3) is 0 Å². The molecule has 3 nitrogen and oxygen atoms in total. The zero-order valence-corrected chi connectivity index (χ0v) is 10.4. The number of nitrogens with zero attached hydrogens (tertiary/aromatic N) is 1. The molecule has 16 heavy (non-hydrogen) atoms. The van der Waals surface area contributed by atoms with Crippen molar-refractivity contribution >= 4 is 0 Å². The molecule has 3 N–H and O–H groups in total. The van der Waals surface area contributed by atoms with E-state index in [0.29, 0.717) is 5.92 Å². The number of aliphatic hydroxyl groups excluding tert-OH is 1. The molecular formula is C13H26N2O. The third-order valence-electron chi connectivity index (χ3n) is 4.35. The molecule has 0 amide bonds. The molecule has 0 radical (unpaired) electrons. The van der Waals surface area contributed by atoms with E-state index < -0.39 is 0 Å². The van der Waals surface area contributed by atoms with E-state index in [9.17, 15) is 5.11 Å². The van der Waals surface area contributed by atoms with Gasteiger partial charge in [0.05, 0.1) is 6.10 Å². The fourth-order valence-electron chi connectivity index (χ4n) is 3.39. The van der Waals surface area contributed by atoms with Crippen molar-refractivity contribution in [1.82, 2.24) is 4.90 Å². The Bertz CT molecular complexity index is 216. The molecule has 1 heterocycles. The summed E-state index contributed by atoms with van der Waals surface area (Å²) in [6, 6.07) is 1.01. The van der Waals surface area contributed by atoms with Crippen LogP contribution in [0.3, 0.4) is 0 Å². The Morgan fingerprint density at radius 3 is 2.62 bits per heavy atom. The van der Waals surface area contributed by atoms with Gasteiger partial charge in [-0.2, -0.15) is 0 Å². The first-order valence-corrected chi connectivity index (χ1v) is 6.88. The molecule has 0 aromatic rings. The number of aliphatic hydroxyl groups is 1. The summed E-state index contributed by atoms with van der Waals surface area (Å²) in [5, 5.41) is 9.98. The van der Waals surface area contributed by atoms with Crippen LogP contribution in [-0.4, -0.2) is 41.3 Å². The predicted octanol–water partition coefficient (Wildman–Crippen LogP) is 1.35. The third-order valence-corrected chi connectivity index (χ3v) is 4.35. The Labute approximate surface area is 99.0 Å². The average Bonchev–Trinajstić information content (AvgIpc) is 2.80. The lowest BCUT2D eigenvalue weighted by Crippen LogP contribution is -2.52. The fourth-order valence-corrected chi connectivity index (χ4v) is 3.39. The molecule has 94 valence electrons. The second kappa shape index (κ2) is 5.48. The fraction of sp³-hybridized carbons (Fsp3) is 1.00. The first-order valence-electron chi connectivity index (χ1n) is 6.88. The lowest BCUT2D eigenvalue weighted by Gasteiger charge is -2.41. The van der Waals surface area contributed by atoms with E-state index in [2.05, 4.69) is 11.8 Å². The molecule has 0 spiro atoms. The highest BCUT2D eigenvalue weighted by molar-refractivity contribution is 4.89. The van der Waals surface area contributed by atoms with Gasteiger partial charge in [0.1, 0.15) is 0 Å². The van der Waals surface area contributed by atoms with E-state index in [1.165, 1.54) is 25.7 Å². The highest BCUT2D eigenvalue weighted by atomic mass is 16.3. The molecule has 1 aliphatic carbocycles. The zero-order valence-electron chi connectivity index (χ0n) is 10.4. The van der Waals surface area contributed by atoms with Crippen LogP contribution in [0.2, 0.25) is 0 Å². The minimum absolute atomic E-state index is 0.157. The largest absolute Gasteiger partial charge is 0.393 e. The van der Waals surface area contributed by atoms with E-state index in [-0.39, 0.29) is 12.1 Å². The Balaban J connectivity index is 1.93. The summed E-state index contributed by atoms with van der Waals surface area (Å²) in [4.78, 5) is 2.55. The van der Waals surface area contributed by atoms with Crippen molar-refractivity contribution in [2.75, 3.05) is 13.1 Å². The quantitative estimate of drug-likeness (QED) is 0.764. The molecule has 1 saturated carbocycles. The number of likely N-dealkylation sites (tertiary alicyclic amines) is 1. The maximum atomic E-state index is 9.98. The molecule has 2 rings (SSSR count). The van der Waals surface area contributed by atoms with Gasteiger partial charge in [-0.3, -0.25) is 4.90 Å². The summed E-state index contributed by atoms with van der Waals surface area (Å²) in [5.41, 5.74) is 6.12. The molecule has 0 bridgehead atoms. The molecule has 0 aromatic heterocycles. The normalized spacial score (nSPS) is 35.4. The maximum absolute atomic E-state index is 9.98. The second-order valence-electron chi connectivity index (χ2n) is 5.62. The summed E-state index contributed by atoms with van der Waals surface area (Å²) in [7, 11) is 0. The molecule has 2 aliphatic rings. The summed E-state index contributed by atoms with van der Waals surface area (Å²) in [6.45, 7) is 4.16. The Kier molecular flexibility index (Phi) is 4.22. The van der Waals surface area contributed by atoms with Crippen LogP contribution >= 0.6 is 0 Å². The van der Waals surface area contributed by atoms with Gasteiger partial charge in [-0.15, -0.1) is 0 Å². The van der Waals surface area contributed by atoms with E-state index in [0.717, 1.165) is 32.0 Å². The van der Waals surface area contributed by atoms with Gasteiger partial charge >= 0.3 is 0 Å². The van der Waals surface area contributed by atoms with Crippen molar-refractivity contribution in [1.29, 1.82) is 0 Å². The van der Waals surface area contributed by atoms with Gasteiger partial charge in [0, 0.05) is 25.2 Å². The Morgan fingerprint density at radius 2 is 2.00 bits per heavy atom. The molecule has 1 aliphatic heterocycles. The average molecular weight is 226 g/mol. The molecule has 1 saturated heterocycles. The van der Waals surface area contributed by atoms with E-state index in [1.807, 2.05) is 0 Å². The SMILES string of the molecule is CCC(O)C1CC(N)CN(C2CCCC2)C1. The van der Waals surface area contributed by atoms with Crippen LogP contribution in [0.5, 0.6) is 0 Å². The summed E-state index contributed by atoms with van der Waals surface area (Å²) < 4.78 is 0. The number of hydrogen-bond donors (Lipinski definition) is 2. The highest BCUT2D eigenvalue weighted by Crippen LogP contribution is 2.29. The lowest BCUT2D eigenvalue weighted by atomic mass is 9.88. The van der Waals surface area contributed by atoms with Gasteiger partial charge in [0.2, 0.25) is 0 Å². The van der Waals surface area contributed by atoms with Gasteiger partial charge < -0.3 is 10.8 Å². The number of piperidine rings is 1. The van der Waals surface area contributed by atoms with Gasteiger partial charge in [0.15, 0.2) is 0 Å². The van der Waals surface area contributed by atoms with Gasteiger partial charge in [-0.25, -0.2) is 0 Å². The third kappa shape index (κ3) is 2.76. The Morgan fingerprint density at radius 1 is 1.31 bits per heavy atom. The van der Waals surface area contributed by atoms with Crippen molar-refractivity contribution in [3.05, 3.63) is 0 Å². The first-order chi connectivity index (χ1) is 7.70.